The van der Waals surface area contributed by atoms with Crippen LogP contribution in [0.4, 0.5) is 0 Å². The van der Waals surface area contributed by atoms with Gasteiger partial charge in [-0.25, -0.2) is 0 Å². The Morgan fingerprint density at radius 3 is 2.79 bits per heavy atom. The number of nitrogens with zero attached hydrogens (tertiary/aromatic N) is 2. The summed E-state index contributed by atoms with van der Waals surface area (Å²) in [6.45, 7) is 14.6. The fraction of sp³-hybridized carbons (Fsp3) is 1.00. The molecule has 3 unspecified atom stereocenters. The van der Waals surface area contributed by atoms with Gasteiger partial charge in [0.25, 0.3) is 0 Å². The monoisotopic (exact) mass is 269 g/mol. The molecule has 19 heavy (non-hydrogen) atoms. The molecule has 2 aliphatic rings. The van der Waals surface area contributed by atoms with Gasteiger partial charge < -0.3 is 10.1 Å². The first-order valence-electron chi connectivity index (χ1n) is 8.03. The SMILES string of the molecule is CCN(CC)C1CCN(C(C)CC2COCCN2)C1. The summed E-state index contributed by atoms with van der Waals surface area (Å²) in [6.07, 6.45) is 2.55. The maximum Gasteiger partial charge on any atom is 0.0620 e. The van der Waals surface area contributed by atoms with E-state index in [0.29, 0.717) is 12.1 Å². The van der Waals surface area contributed by atoms with Gasteiger partial charge in [0.15, 0.2) is 0 Å². The zero-order chi connectivity index (χ0) is 13.7. The van der Waals surface area contributed by atoms with Gasteiger partial charge in [-0.05, 0) is 32.9 Å². The van der Waals surface area contributed by atoms with Gasteiger partial charge in [0.05, 0.1) is 13.2 Å². The molecule has 4 heteroatoms. The molecule has 2 aliphatic heterocycles. The number of likely N-dealkylation sites (tertiary alicyclic amines) is 1. The van der Waals surface area contributed by atoms with Crippen LogP contribution in [0, 0.1) is 0 Å². The highest BCUT2D eigenvalue weighted by Crippen LogP contribution is 2.20. The number of hydrogen-bond acceptors (Lipinski definition) is 4. The summed E-state index contributed by atoms with van der Waals surface area (Å²) in [6, 6.07) is 1.99. The highest BCUT2D eigenvalue weighted by Gasteiger charge is 2.30. The van der Waals surface area contributed by atoms with Crippen LogP contribution < -0.4 is 5.32 Å². The lowest BCUT2D eigenvalue weighted by Crippen LogP contribution is -2.46. The van der Waals surface area contributed by atoms with Crippen molar-refractivity contribution in [1.29, 1.82) is 0 Å². The average molecular weight is 269 g/mol. The van der Waals surface area contributed by atoms with E-state index >= 15 is 0 Å². The molecular weight excluding hydrogens is 238 g/mol. The molecule has 2 heterocycles. The smallest absolute Gasteiger partial charge is 0.0620 e. The highest BCUT2D eigenvalue weighted by atomic mass is 16.5. The van der Waals surface area contributed by atoms with Gasteiger partial charge in [-0.15, -0.1) is 0 Å². The second-order valence-corrected chi connectivity index (χ2v) is 5.97. The minimum Gasteiger partial charge on any atom is -0.379 e. The summed E-state index contributed by atoms with van der Waals surface area (Å²) in [5.41, 5.74) is 0. The molecule has 0 aromatic rings. The second kappa shape index (κ2) is 7.58. The van der Waals surface area contributed by atoms with E-state index in [0.717, 1.165) is 25.8 Å². The molecule has 4 nitrogen and oxygen atoms in total. The summed E-state index contributed by atoms with van der Waals surface area (Å²) < 4.78 is 5.55. The number of morpholine rings is 1. The third-order valence-corrected chi connectivity index (χ3v) is 4.77. The Balaban J connectivity index is 1.76. The Morgan fingerprint density at radius 2 is 2.16 bits per heavy atom. The largest absolute Gasteiger partial charge is 0.379 e. The Bertz CT molecular complexity index is 252. The second-order valence-electron chi connectivity index (χ2n) is 5.97. The van der Waals surface area contributed by atoms with E-state index in [1.807, 2.05) is 0 Å². The predicted octanol–water partition coefficient (Wildman–Crippen LogP) is 1.17. The van der Waals surface area contributed by atoms with Crippen molar-refractivity contribution in [2.24, 2.45) is 0 Å². The van der Waals surface area contributed by atoms with Crippen LogP contribution in [0.5, 0.6) is 0 Å². The van der Waals surface area contributed by atoms with Crippen LogP contribution in [-0.4, -0.2) is 73.9 Å². The van der Waals surface area contributed by atoms with Crippen LogP contribution in [0.25, 0.3) is 0 Å². The van der Waals surface area contributed by atoms with Crippen molar-refractivity contribution < 1.29 is 4.74 Å². The van der Waals surface area contributed by atoms with E-state index in [9.17, 15) is 0 Å². The molecule has 0 aromatic heterocycles. The summed E-state index contributed by atoms with van der Waals surface area (Å²) in [4.78, 5) is 5.27. The molecule has 0 radical (unpaired) electrons. The van der Waals surface area contributed by atoms with Crippen molar-refractivity contribution in [3.05, 3.63) is 0 Å². The highest BCUT2D eigenvalue weighted by molar-refractivity contribution is 4.87. The van der Waals surface area contributed by atoms with Crippen molar-refractivity contribution >= 4 is 0 Å². The molecule has 1 N–H and O–H groups in total. The Morgan fingerprint density at radius 1 is 1.37 bits per heavy atom. The number of likely N-dealkylation sites (N-methyl/N-ethyl adjacent to an activating group) is 1. The van der Waals surface area contributed by atoms with E-state index in [1.54, 1.807) is 0 Å². The third-order valence-electron chi connectivity index (χ3n) is 4.77. The fourth-order valence-electron chi connectivity index (χ4n) is 3.54. The Hall–Kier alpha value is -0.160. The standard InChI is InChI=1S/C15H31N3O/c1-4-17(5-2)15-6-8-18(11-15)13(3)10-14-12-19-9-7-16-14/h13-16H,4-12H2,1-3H3. The van der Waals surface area contributed by atoms with E-state index in [4.69, 9.17) is 4.74 Å². The first-order chi connectivity index (χ1) is 9.24. The normalized spacial score (nSPS) is 30.9. The van der Waals surface area contributed by atoms with Crippen molar-refractivity contribution in [1.82, 2.24) is 15.1 Å². The van der Waals surface area contributed by atoms with Crippen LogP contribution in [0.2, 0.25) is 0 Å². The van der Waals surface area contributed by atoms with Crippen LogP contribution in [0.15, 0.2) is 0 Å². The molecule has 2 fully saturated rings. The van der Waals surface area contributed by atoms with Gasteiger partial charge in [0.2, 0.25) is 0 Å². The molecule has 3 atom stereocenters. The summed E-state index contributed by atoms with van der Waals surface area (Å²) in [5, 5.41) is 3.57. The molecular formula is C15H31N3O. The van der Waals surface area contributed by atoms with Gasteiger partial charge in [-0.1, -0.05) is 13.8 Å². The molecule has 0 aliphatic carbocycles. The van der Waals surface area contributed by atoms with Crippen LogP contribution in [0.1, 0.15) is 33.6 Å². The lowest BCUT2D eigenvalue weighted by atomic mass is 10.1. The summed E-state index contributed by atoms with van der Waals surface area (Å²) in [5.74, 6) is 0. The van der Waals surface area contributed by atoms with Gasteiger partial charge >= 0.3 is 0 Å². The molecule has 2 saturated heterocycles. The van der Waals surface area contributed by atoms with Crippen molar-refractivity contribution in [2.45, 2.75) is 51.7 Å². The molecule has 0 bridgehead atoms. The van der Waals surface area contributed by atoms with Crippen molar-refractivity contribution in [3.8, 4) is 0 Å². The maximum atomic E-state index is 5.55. The number of hydrogen-bond donors (Lipinski definition) is 1. The lowest BCUT2D eigenvalue weighted by Gasteiger charge is -2.32. The van der Waals surface area contributed by atoms with Gasteiger partial charge in [-0.2, -0.15) is 0 Å². The first-order valence-corrected chi connectivity index (χ1v) is 8.03. The van der Waals surface area contributed by atoms with E-state index in [-0.39, 0.29) is 0 Å². The van der Waals surface area contributed by atoms with Crippen LogP contribution >= 0.6 is 0 Å². The molecule has 0 aromatic carbocycles. The number of nitrogens with one attached hydrogen (secondary N) is 1. The van der Waals surface area contributed by atoms with Crippen LogP contribution in [-0.2, 0) is 4.74 Å². The Kier molecular flexibility index (Phi) is 6.07. The Labute approximate surface area is 118 Å². The summed E-state index contributed by atoms with van der Waals surface area (Å²) >= 11 is 0. The first kappa shape index (κ1) is 15.2. The quantitative estimate of drug-likeness (QED) is 0.783. The molecule has 0 amide bonds. The minimum absolute atomic E-state index is 0.552. The average Bonchev–Trinajstić information content (AvgIpc) is 2.91. The summed E-state index contributed by atoms with van der Waals surface area (Å²) in [7, 11) is 0. The molecule has 112 valence electrons. The third kappa shape index (κ3) is 4.15. The zero-order valence-electron chi connectivity index (χ0n) is 12.9. The van der Waals surface area contributed by atoms with E-state index in [2.05, 4.69) is 35.9 Å². The number of rotatable bonds is 6. The van der Waals surface area contributed by atoms with Gasteiger partial charge in [0.1, 0.15) is 0 Å². The van der Waals surface area contributed by atoms with Crippen molar-refractivity contribution in [2.75, 3.05) is 45.9 Å². The van der Waals surface area contributed by atoms with E-state index < -0.39 is 0 Å². The molecule has 0 saturated carbocycles. The molecule has 0 spiro atoms. The molecule has 2 rings (SSSR count). The zero-order valence-corrected chi connectivity index (χ0v) is 12.9. The number of ether oxygens (including phenoxy) is 1. The fourth-order valence-corrected chi connectivity index (χ4v) is 3.54. The lowest BCUT2D eigenvalue weighted by molar-refractivity contribution is 0.0634. The van der Waals surface area contributed by atoms with Gasteiger partial charge in [-0.3, -0.25) is 9.80 Å². The van der Waals surface area contributed by atoms with E-state index in [1.165, 1.54) is 39.0 Å². The van der Waals surface area contributed by atoms with Crippen LogP contribution in [0.3, 0.4) is 0 Å². The van der Waals surface area contributed by atoms with Crippen molar-refractivity contribution in [3.63, 3.8) is 0 Å². The topological polar surface area (TPSA) is 27.7 Å². The van der Waals surface area contributed by atoms with Gasteiger partial charge in [0, 0.05) is 37.8 Å². The maximum absolute atomic E-state index is 5.55. The predicted molar refractivity (Wildman–Crippen MR) is 79.6 cm³/mol. The minimum atomic E-state index is 0.552.